The molecular formula is C19H22NO6S-. The fraction of sp³-hybridized carbons (Fsp3) is 0.421. The van der Waals surface area contributed by atoms with E-state index in [1.54, 1.807) is 18.2 Å². The van der Waals surface area contributed by atoms with Crippen LogP contribution in [0.4, 0.5) is 0 Å². The molecule has 1 aromatic carbocycles. The van der Waals surface area contributed by atoms with E-state index in [1.807, 2.05) is 13.2 Å². The summed E-state index contributed by atoms with van der Waals surface area (Å²) in [4.78, 5) is 35.0. The van der Waals surface area contributed by atoms with E-state index in [-0.39, 0.29) is 6.42 Å². The molecule has 1 N–H and O–H groups in total. The van der Waals surface area contributed by atoms with Gasteiger partial charge < -0.3 is 24.4 Å². The standard InChI is InChI=1S/C19H23NO6S/c1-4-12-9-17(21)26-16-10-13(5-6-14(12)16)25-11(2)18(22)20-15(19(23)24)7-8-27-3/h5-6,9-11,15H,4,7-8H2,1-3H3,(H,20,22)(H,23,24)/p-1/t11-,15-/m0/s1. The summed E-state index contributed by atoms with van der Waals surface area (Å²) in [5.41, 5.74) is 0.786. The van der Waals surface area contributed by atoms with Crippen LogP contribution >= 0.6 is 11.8 Å². The third kappa shape index (κ3) is 5.50. The third-order valence-electron chi connectivity index (χ3n) is 4.08. The minimum Gasteiger partial charge on any atom is -0.548 e. The van der Waals surface area contributed by atoms with Crippen LogP contribution in [0.3, 0.4) is 0 Å². The van der Waals surface area contributed by atoms with Crippen molar-refractivity contribution in [1.82, 2.24) is 5.32 Å². The highest BCUT2D eigenvalue weighted by Gasteiger charge is 2.20. The number of carboxylic acid groups (broad SMARTS) is 1. The highest BCUT2D eigenvalue weighted by molar-refractivity contribution is 7.98. The number of aliphatic carboxylic acids is 1. The summed E-state index contributed by atoms with van der Waals surface area (Å²) in [6.07, 6.45) is 1.87. The Labute approximate surface area is 161 Å². The number of aryl methyl sites for hydroxylation is 1. The number of benzene rings is 1. The fourth-order valence-corrected chi connectivity index (χ4v) is 3.08. The predicted octanol–water partition coefficient (Wildman–Crippen LogP) is 1.11. The van der Waals surface area contributed by atoms with Gasteiger partial charge in [-0.1, -0.05) is 6.92 Å². The van der Waals surface area contributed by atoms with Crippen molar-refractivity contribution < 1.29 is 23.8 Å². The molecule has 0 aliphatic heterocycles. The van der Waals surface area contributed by atoms with E-state index in [2.05, 4.69) is 5.32 Å². The minimum absolute atomic E-state index is 0.267. The molecule has 146 valence electrons. The lowest BCUT2D eigenvalue weighted by molar-refractivity contribution is -0.308. The number of fused-ring (bicyclic) bond motifs is 1. The smallest absolute Gasteiger partial charge is 0.336 e. The molecule has 0 saturated carbocycles. The maximum atomic E-state index is 12.2. The SMILES string of the molecule is CCc1cc(=O)oc2cc(O[C@@H](C)C(=O)N[C@@H](CCSC)C(=O)[O-])ccc12. The molecule has 7 nitrogen and oxygen atoms in total. The lowest BCUT2D eigenvalue weighted by Crippen LogP contribution is -2.51. The molecule has 0 aliphatic carbocycles. The van der Waals surface area contributed by atoms with E-state index < -0.39 is 29.6 Å². The van der Waals surface area contributed by atoms with Crippen molar-refractivity contribution in [3.63, 3.8) is 0 Å². The number of hydrogen-bond donors (Lipinski definition) is 1. The molecule has 1 amide bonds. The molecule has 2 rings (SSSR count). The average molecular weight is 392 g/mol. The van der Waals surface area contributed by atoms with E-state index in [9.17, 15) is 19.5 Å². The van der Waals surface area contributed by atoms with Crippen LogP contribution in [0.5, 0.6) is 5.75 Å². The number of hydrogen-bond acceptors (Lipinski definition) is 7. The molecule has 0 bridgehead atoms. The molecule has 27 heavy (non-hydrogen) atoms. The summed E-state index contributed by atoms with van der Waals surface area (Å²) in [5.74, 6) is -0.966. The molecule has 0 fully saturated rings. The zero-order valence-corrected chi connectivity index (χ0v) is 16.3. The van der Waals surface area contributed by atoms with E-state index in [0.29, 0.717) is 23.5 Å². The van der Waals surface area contributed by atoms with Gasteiger partial charge in [-0.25, -0.2) is 4.79 Å². The van der Waals surface area contributed by atoms with E-state index >= 15 is 0 Å². The summed E-state index contributed by atoms with van der Waals surface area (Å²) >= 11 is 1.48. The maximum Gasteiger partial charge on any atom is 0.336 e. The number of rotatable bonds is 9. The van der Waals surface area contributed by atoms with Gasteiger partial charge in [0, 0.05) is 17.5 Å². The van der Waals surface area contributed by atoms with E-state index in [1.165, 1.54) is 24.8 Å². The molecule has 1 aromatic heterocycles. The van der Waals surface area contributed by atoms with Crippen LogP contribution in [0, 0.1) is 0 Å². The molecule has 0 spiro atoms. The van der Waals surface area contributed by atoms with Crippen LogP contribution < -0.4 is 20.8 Å². The molecule has 2 aromatic rings. The molecule has 0 saturated heterocycles. The minimum atomic E-state index is -1.33. The summed E-state index contributed by atoms with van der Waals surface area (Å²) in [6.45, 7) is 3.45. The van der Waals surface area contributed by atoms with Gasteiger partial charge in [0.25, 0.3) is 5.91 Å². The van der Waals surface area contributed by atoms with Gasteiger partial charge in [0.15, 0.2) is 6.10 Å². The second-order valence-corrected chi connectivity index (χ2v) is 7.01. The van der Waals surface area contributed by atoms with Gasteiger partial charge in [-0.3, -0.25) is 4.79 Å². The lowest BCUT2D eigenvalue weighted by atomic mass is 10.1. The maximum absolute atomic E-state index is 12.2. The lowest BCUT2D eigenvalue weighted by Gasteiger charge is -2.22. The van der Waals surface area contributed by atoms with Gasteiger partial charge in [0.1, 0.15) is 11.3 Å². The predicted molar refractivity (Wildman–Crippen MR) is 102 cm³/mol. The van der Waals surface area contributed by atoms with Crippen molar-refractivity contribution in [2.75, 3.05) is 12.0 Å². The first-order valence-electron chi connectivity index (χ1n) is 8.59. The molecule has 8 heteroatoms. The number of carbonyl (C=O) groups is 2. The molecule has 0 unspecified atom stereocenters. The number of amides is 1. The van der Waals surface area contributed by atoms with Crippen LogP contribution in [0.1, 0.15) is 25.8 Å². The number of ether oxygens (including phenoxy) is 1. The zero-order chi connectivity index (χ0) is 20.0. The van der Waals surface area contributed by atoms with E-state index in [4.69, 9.17) is 9.15 Å². The van der Waals surface area contributed by atoms with Crippen molar-refractivity contribution in [3.05, 3.63) is 40.2 Å². The van der Waals surface area contributed by atoms with Gasteiger partial charge >= 0.3 is 5.63 Å². The Balaban J connectivity index is 2.12. The highest BCUT2D eigenvalue weighted by Crippen LogP contribution is 2.23. The molecule has 2 atom stereocenters. The van der Waals surface area contributed by atoms with Crippen LogP contribution in [-0.2, 0) is 16.0 Å². The summed E-state index contributed by atoms with van der Waals surface area (Å²) in [5, 5.41) is 14.4. The summed E-state index contributed by atoms with van der Waals surface area (Å²) in [6, 6.07) is 5.36. The highest BCUT2D eigenvalue weighted by atomic mass is 32.2. The van der Waals surface area contributed by atoms with Crippen molar-refractivity contribution >= 4 is 34.6 Å². The van der Waals surface area contributed by atoms with E-state index in [0.717, 1.165) is 10.9 Å². The van der Waals surface area contributed by atoms with Crippen molar-refractivity contribution in [1.29, 1.82) is 0 Å². The van der Waals surface area contributed by atoms with Gasteiger partial charge in [-0.15, -0.1) is 0 Å². The topological polar surface area (TPSA) is 109 Å². The van der Waals surface area contributed by atoms with Crippen molar-refractivity contribution in [3.8, 4) is 5.75 Å². The molecule has 0 aliphatic rings. The fourth-order valence-electron chi connectivity index (χ4n) is 2.61. The van der Waals surface area contributed by atoms with Crippen LogP contribution in [0.2, 0.25) is 0 Å². The van der Waals surface area contributed by atoms with Gasteiger partial charge in [-0.05, 0) is 49.5 Å². The van der Waals surface area contributed by atoms with Crippen molar-refractivity contribution in [2.45, 2.75) is 38.8 Å². The monoisotopic (exact) mass is 392 g/mol. The van der Waals surface area contributed by atoms with Crippen LogP contribution in [0.15, 0.2) is 33.5 Å². The first-order chi connectivity index (χ1) is 12.8. The Bertz CT molecular complexity index is 878. The number of thioether (sulfide) groups is 1. The Morgan fingerprint density at radius 1 is 1.33 bits per heavy atom. The van der Waals surface area contributed by atoms with Crippen molar-refractivity contribution in [2.24, 2.45) is 0 Å². The largest absolute Gasteiger partial charge is 0.548 e. The molecule has 0 radical (unpaired) electrons. The Morgan fingerprint density at radius 3 is 2.70 bits per heavy atom. The Morgan fingerprint density at radius 2 is 2.07 bits per heavy atom. The van der Waals surface area contributed by atoms with Crippen LogP contribution in [0.25, 0.3) is 11.0 Å². The first-order valence-corrected chi connectivity index (χ1v) is 9.98. The number of carbonyl (C=O) groups excluding carboxylic acids is 2. The number of carboxylic acids is 1. The number of nitrogens with one attached hydrogen (secondary N) is 1. The third-order valence-corrected chi connectivity index (χ3v) is 4.72. The first kappa shape index (κ1) is 20.8. The second-order valence-electron chi connectivity index (χ2n) is 6.02. The summed E-state index contributed by atoms with van der Waals surface area (Å²) < 4.78 is 10.8. The van der Waals surface area contributed by atoms with Gasteiger partial charge in [-0.2, -0.15) is 11.8 Å². The van der Waals surface area contributed by atoms with Crippen LogP contribution in [-0.4, -0.2) is 36.0 Å². The second kappa shape index (κ2) is 9.45. The van der Waals surface area contributed by atoms with Gasteiger partial charge in [0.05, 0.1) is 12.0 Å². The molecule has 1 heterocycles. The quantitative estimate of drug-likeness (QED) is 0.637. The van der Waals surface area contributed by atoms with Gasteiger partial charge in [0.2, 0.25) is 0 Å². The molecular weight excluding hydrogens is 370 g/mol. The summed E-state index contributed by atoms with van der Waals surface area (Å²) in [7, 11) is 0. The zero-order valence-electron chi connectivity index (χ0n) is 15.4. The Hall–Kier alpha value is -2.48. The normalized spacial score (nSPS) is 13.1. The Kier molecular flexibility index (Phi) is 7.29. The average Bonchev–Trinajstić information content (AvgIpc) is 2.63.